The largest absolute Gasteiger partial charge is 0.497 e. The number of nitrogens with one attached hydrogen (secondary N) is 1. The smallest absolute Gasteiger partial charge is 0.416 e. The molecule has 3 aromatic rings. The zero-order valence-electron chi connectivity index (χ0n) is 16.0. The first-order valence-electron chi connectivity index (χ1n) is 9.18. The van der Waals surface area contributed by atoms with E-state index in [-0.39, 0.29) is 28.5 Å². The summed E-state index contributed by atoms with van der Waals surface area (Å²) in [6.07, 6.45) is -4.96. The number of amides is 1. The van der Waals surface area contributed by atoms with Gasteiger partial charge in [-0.25, -0.2) is 0 Å². The van der Waals surface area contributed by atoms with E-state index in [1.807, 2.05) is 0 Å². The Balaban J connectivity index is 1.56. The van der Waals surface area contributed by atoms with Gasteiger partial charge in [-0.2, -0.15) is 13.2 Å². The van der Waals surface area contributed by atoms with E-state index in [1.165, 1.54) is 19.2 Å². The number of hydrogen-bond donors (Lipinski definition) is 2. The van der Waals surface area contributed by atoms with Gasteiger partial charge in [-0.05, 0) is 35.4 Å². The highest BCUT2D eigenvalue weighted by atomic mass is 35.5. The highest BCUT2D eigenvalue weighted by molar-refractivity contribution is 6.35. The van der Waals surface area contributed by atoms with Crippen molar-refractivity contribution in [1.82, 2.24) is 10.5 Å². The number of aliphatic hydroxyl groups is 1. The van der Waals surface area contributed by atoms with Crippen LogP contribution in [0.3, 0.4) is 0 Å². The van der Waals surface area contributed by atoms with Crippen molar-refractivity contribution in [3.63, 3.8) is 0 Å². The van der Waals surface area contributed by atoms with E-state index in [0.717, 1.165) is 12.1 Å². The Kier molecular flexibility index (Phi) is 5.40. The summed E-state index contributed by atoms with van der Waals surface area (Å²) in [4.78, 5) is 12.7. The van der Waals surface area contributed by atoms with Gasteiger partial charge in [-0.3, -0.25) is 4.79 Å². The lowest BCUT2D eigenvalue weighted by Crippen LogP contribution is -2.27. The Bertz CT molecular complexity index is 1130. The predicted octanol–water partition coefficient (Wildman–Crippen LogP) is 4.93. The van der Waals surface area contributed by atoms with E-state index in [4.69, 9.17) is 20.9 Å². The number of ether oxygens (including phenoxy) is 1. The molecule has 162 valence electrons. The number of aromatic nitrogens is 1. The topological polar surface area (TPSA) is 84.6 Å². The number of aliphatic hydroxyl groups excluding tert-OH is 1. The lowest BCUT2D eigenvalue weighted by molar-refractivity contribution is -0.137. The highest BCUT2D eigenvalue weighted by Crippen LogP contribution is 2.41. The highest BCUT2D eigenvalue weighted by Gasteiger charge is 2.33. The third kappa shape index (κ3) is 3.98. The molecule has 2 atom stereocenters. The van der Waals surface area contributed by atoms with Crippen molar-refractivity contribution in [1.29, 1.82) is 0 Å². The van der Waals surface area contributed by atoms with Crippen molar-refractivity contribution in [2.24, 2.45) is 0 Å². The SMILES string of the molecule is COc1ccc2c(c1)[C@@H](NC(=O)c1noc(-c3ccc(C(F)(F)F)cc3)c1Cl)C[C@@H]2O. The lowest BCUT2D eigenvalue weighted by atomic mass is 10.1. The fourth-order valence-corrected chi connectivity index (χ4v) is 3.80. The number of halogens is 4. The van der Waals surface area contributed by atoms with Gasteiger partial charge >= 0.3 is 6.18 Å². The van der Waals surface area contributed by atoms with Crippen molar-refractivity contribution >= 4 is 17.5 Å². The molecular formula is C21H16ClF3N2O4. The van der Waals surface area contributed by atoms with Crippen LogP contribution in [0.2, 0.25) is 5.02 Å². The van der Waals surface area contributed by atoms with Crippen LogP contribution in [0.15, 0.2) is 47.0 Å². The zero-order chi connectivity index (χ0) is 22.3. The Morgan fingerprint density at radius 1 is 1.23 bits per heavy atom. The molecule has 0 saturated carbocycles. The average Bonchev–Trinajstić information content (AvgIpc) is 3.27. The minimum Gasteiger partial charge on any atom is -0.497 e. The molecule has 0 saturated heterocycles. The summed E-state index contributed by atoms with van der Waals surface area (Å²) in [5, 5.41) is 16.6. The lowest BCUT2D eigenvalue weighted by Gasteiger charge is -2.13. The molecule has 4 rings (SSSR count). The molecule has 0 unspecified atom stereocenters. The van der Waals surface area contributed by atoms with Crippen LogP contribution >= 0.6 is 11.6 Å². The maximum Gasteiger partial charge on any atom is 0.416 e. The van der Waals surface area contributed by atoms with E-state index in [2.05, 4.69) is 10.5 Å². The molecule has 0 radical (unpaired) electrons. The number of rotatable bonds is 4. The van der Waals surface area contributed by atoms with Crippen molar-refractivity contribution in [3.8, 4) is 17.1 Å². The van der Waals surface area contributed by atoms with E-state index in [1.54, 1.807) is 18.2 Å². The molecule has 10 heteroatoms. The first-order valence-corrected chi connectivity index (χ1v) is 9.56. The second kappa shape index (κ2) is 7.90. The summed E-state index contributed by atoms with van der Waals surface area (Å²) in [6.45, 7) is 0. The van der Waals surface area contributed by atoms with Crippen LogP contribution in [0.4, 0.5) is 13.2 Å². The first kappa shape index (κ1) is 21.2. The molecule has 0 bridgehead atoms. The van der Waals surface area contributed by atoms with Gasteiger partial charge in [-0.1, -0.05) is 35.0 Å². The van der Waals surface area contributed by atoms with Gasteiger partial charge in [0.05, 0.1) is 24.8 Å². The fourth-order valence-electron chi connectivity index (χ4n) is 3.54. The zero-order valence-corrected chi connectivity index (χ0v) is 16.8. The van der Waals surface area contributed by atoms with Crippen molar-refractivity contribution in [3.05, 3.63) is 69.9 Å². The monoisotopic (exact) mass is 452 g/mol. The van der Waals surface area contributed by atoms with Gasteiger partial charge in [0.25, 0.3) is 5.91 Å². The molecule has 0 fully saturated rings. The number of benzene rings is 2. The Hall–Kier alpha value is -3.04. The van der Waals surface area contributed by atoms with Gasteiger partial charge < -0.3 is 19.7 Å². The molecular weight excluding hydrogens is 437 g/mol. The Morgan fingerprint density at radius 3 is 2.58 bits per heavy atom. The molecule has 0 aliphatic heterocycles. The maximum atomic E-state index is 12.7. The minimum atomic E-state index is -4.47. The number of carbonyl (C=O) groups is 1. The van der Waals surface area contributed by atoms with E-state index >= 15 is 0 Å². The van der Waals surface area contributed by atoms with Crippen LogP contribution in [0, 0.1) is 0 Å². The molecule has 31 heavy (non-hydrogen) atoms. The Morgan fingerprint density at radius 2 is 1.94 bits per heavy atom. The van der Waals surface area contributed by atoms with Crippen LogP contribution in [-0.4, -0.2) is 23.3 Å². The second-order valence-electron chi connectivity index (χ2n) is 7.02. The molecule has 1 heterocycles. The van der Waals surface area contributed by atoms with Crippen LogP contribution < -0.4 is 10.1 Å². The summed E-state index contributed by atoms with van der Waals surface area (Å²) in [7, 11) is 1.51. The predicted molar refractivity (Wildman–Crippen MR) is 105 cm³/mol. The van der Waals surface area contributed by atoms with Gasteiger partial charge in [-0.15, -0.1) is 0 Å². The molecule has 1 aromatic heterocycles. The molecule has 2 aromatic carbocycles. The molecule has 2 N–H and O–H groups in total. The van der Waals surface area contributed by atoms with Crippen molar-refractivity contribution < 1.29 is 32.3 Å². The normalized spacial score (nSPS) is 18.0. The number of fused-ring (bicyclic) bond motifs is 1. The summed E-state index contributed by atoms with van der Waals surface area (Å²) >= 11 is 6.24. The first-order chi connectivity index (χ1) is 14.7. The van der Waals surface area contributed by atoms with E-state index < -0.39 is 29.8 Å². The summed E-state index contributed by atoms with van der Waals surface area (Å²) in [5.74, 6) is -0.0787. The van der Waals surface area contributed by atoms with Gasteiger partial charge in [0.2, 0.25) is 0 Å². The quantitative estimate of drug-likeness (QED) is 0.586. The minimum absolute atomic E-state index is 0.0194. The van der Waals surface area contributed by atoms with Crippen LogP contribution in [0.1, 0.15) is 45.7 Å². The fraction of sp³-hybridized carbons (Fsp3) is 0.238. The summed E-state index contributed by atoms with van der Waals surface area (Å²) in [6, 6.07) is 8.83. The van der Waals surface area contributed by atoms with Crippen molar-refractivity contribution in [2.45, 2.75) is 24.7 Å². The number of carbonyl (C=O) groups excluding carboxylic acids is 1. The summed E-state index contributed by atoms with van der Waals surface area (Å²) < 4.78 is 48.6. The second-order valence-corrected chi connectivity index (χ2v) is 7.40. The van der Waals surface area contributed by atoms with Crippen LogP contribution in [0.25, 0.3) is 11.3 Å². The number of nitrogens with zero attached hydrogens (tertiary/aromatic N) is 1. The van der Waals surface area contributed by atoms with Crippen LogP contribution in [-0.2, 0) is 6.18 Å². The van der Waals surface area contributed by atoms with Gasteiger partial charge in [0, 0.05) is 12.0 Å². The molecule has 1 aliphatic rings. The van der Waals surface area contributed by atoms with Gasteiger partial charge in [0.1, 0.15) is 10.8 Å². The maximum absolute atomic E-state index is 12.7. The van der Waals surface area contributed by atoms with Crippen LogP contribution in [0.5, 0.6) is 5.75 Å². The van der Waals surface area contributed by atoms with Crippen molar-refractivity contribution in [2.75, 3.05) is 7.11 Å². The molecule has 0 spiro atoms. The summed E-state index contributed by atoms with van der Waals surface area (Å²) in [5.41, 5.74) is 0.614. The van der Waals surface area contributed by atoms with E-state index in [9.17, 15) is 23.1 Å². The number of alkyl halides is 3. The standard InChI is InChI=1S/C21H16ClF3N2O4/c1-30-12-6-7-13-14(8-12)15(9-16(13)28)26-20(29)18-17(22)19(31-27-18)10-2-4-11(5-3-10)21(23,24)25/h2-8,15-16,28H,9H2,1H3,(H,26,29)/t15-,16-/m0/s1. The number of hydrogen-bond acceptors (Lipinski definition) is 5. The molecule has 1 aliphatic carbocycles. The third-order valence-corrected chi connectivity index (χ3v) is 5.47. The number of methoxy groups -OCH3 is 1. The molecule has 6 nitrogen and oxygen atoms in total. The van der Waals surface area contributed by atoms with Gasteiger partial charge in [0.15, 0.2) is 11.5 Å². The molecule has 1 amide bonds. The average molecular weight is 453 g/mol. The third-order valence-electron chi connectivity index (χ3n) is 5.12. The van der Waals surface area contributed by atoms with E-state index in [0.29, 0.717) is 16.9 Å². The Labute approximate surface area is 179 Å².